The van der Waals surface area contributed by atoms with E-state index in [0.29, 0.717) is 16.3 Å². The number of benzene rings is 2. The Hall–Kier alpha value is -2.33. The van der Waals surface area contributed by atoms with Crippen LogP contribution in [-0.2, 0) is 5.41 Å². The van der Waals surface area contributed by atoms with Gasteiger partial charge >= 0.3 is 0 Å². The standard InChI is InChI=1S/C19H18ClNO3/c1-19(2,3)14-6-4-12(5-7-14)18-16(21(22)23)11-13-10-15(20)8-9-17(13)24-18/h4-11,18H,1-3H3. The molecule has 3 rings (SSSR count). The summed E-state index contributed by atoms with van der Waals surface area (Å²) in [6.45, 7) is 6.38. The van der Waals surface area contributed by atoms with Gasteiger partial charge in [-0.05, 0) is 29.2 Å². The van der Waals surface area contributed by atoms with Crippen molar-refractivity contribution < 1.29 is 9.66 Å². The molecular formula is C19H18ClNO3. The normalized spacial score (nSPS) is 16.8. The van der Waals surface area contributed by atoms with Gasteiger partial charge in [0.1, 0.15) is 5.75 Å². The number of hydrogen-bond donors (Lipinski definition) is 0. The highest BCUT2D eigenvalue weighted by Gasteiger charge is 2.33. The van der Waals surface area contributed by atoms with Gasteiger partial charge in [0.25, 0.3) is 5.70 Å². The molecule has 5 heteroatoms. The molecule has 1 unspecified atom stereocenters. The molecule has 0 bridgehead atoms. The first kappa shape index (κ1) is 16.5. The molecule has 0 spiro atoms. The SMILES string of the molecule is CC(C)(C)c1ccc(C2Oc3ccc(Cl)cc3C=C2[N+](=O)[O-])cc1. The first-order valence-electron chi connectivity index (χ1n) is 7.68. The summed E-state index contributed by atoms with van der Waals surface area (Å²) in [5, 5.41) is 12.0. The van der Waals surface area contributed by atoms with Crippen LogP contribution in [0.3, 0.4) is 0 Å². The molecule has 0 saturated heterocycles. The molecule has 0 N–H and O–H groups in total. The van der Waals surface area contributed by atoms with Crippen LogP contribution in [0.2, 0.25) is 5.02 Å². The second-order valence-electron chi connectivity index (χ2n) is 6.88. The Balaban J connectivity index is 2.02. The molecule has 0 aromatic heterocycles. The van der Waals surface area contributed by atoms with Crippen LogP contribution in [0, 0.1) is 10.1 Å². The van der Waals surface area contributed by atoms with Crippen molar-refractivity contribution in [2.24, 2.45) is 0 Å². The zero-order valence-electron chi connectivity index (χ0n) is 13.7. The van der Waals surface area contributed by atoms with Gasteiger partial charge in [-0.25, -0.2) is 0 Å². The monoisotopic (exact) mass is 343 g/mol. The minimum absolute atomic E-state index is 0.00766. The van der Waals surface area contributed by atoms with Crippen LogP contribution in [0.15, 0.2) is 48.2 Å². The molecule has 1 atom stereocenters. The van der Waals surface area contributed by atoms with E-state index in [1.165, 1.54) is 11.6 Å². The van der Waals surface area contributed by atoms with Gasteiger partial charge in [-0.2, -0.15) is 0 Å². The predicted octanol–water partition coefficient (Wildman–Crippen LogP) is 5.39. The maximum absolute atomic E-state index is 11.5. The zero-order valence-corrected chi connectivity index (χ0v) is 14.5. The Kier molecular flexibility index (Phi) is 4.10. The van der Waals surface area contributed by atoms with Crippen LogP contribution in [0.25, 0.3) is 6.08 Å². The molecule has 24 heavy (non-hydrogen) atoms. The minimum atomic E-state index is -0.734. The van der Waals surface area contributed by atoms with Crippen molar-refractivity contribution >= 4 is 17.7 Å². The Bertz CT molecular complexity index is 819. The van der Waals surface area contributed by atoms with E-state index in [0.717, 1.165) is 5.56 Å². The van der Waals surface area contributed by atoms with Crippen LogP contribution in [-0.4, -0.2) is 4.92 Å². The summed E-state index contributed by atoms with van der Waals surface area (Å²) in [5.41, 5.74) is 2.58. The van der Waals surface area contributed by atoms with Gasteiger partial charge in [-0.15, -0.1) is 0 Å². The Morgan fingerprint density at radius 1 is 1.12 bits per heavy atom. The smallest absolute Gasteiger partial charge is 0.291 e. The second kappa shape index (κ2) is 5.95. The van der Waals surface area contributed by atoms with E-state index >= 15 is 0 Å². The molecular weight excluding hydrogens is 326 g/mol. The van der Waals surface area contributed by atoms with Crippen molar-refractivity contribution in [2.45, 2.75) is 32.3 Å². The molecule has 2 aromatic rings. The number of rotatable bonds is 2. The number of nitro groups is 1. The van der Waals surface area contributed by atoms with Gasteiger partial charge in [-0.1, -0.05) is 56.6 Å². The molecule has 0 aliphatic carbocycles. The van der Waals surface area contributed by atoms with Gasteiger partial charge in [0.05, 0.1) is 4.92 Å². The lowest BCUT2D eigenvalue weighted by Crippen LogP contribution is -2.20. The molecule has 0 fully saturated rings. The summed E-state index contributed by atoms with van der Waals surface area (Å²) in [7, 11) is 0. The molecule has 124 valence electrons. The van der Waals surface area contributed by atoms with Gasteiger partial charge in [0, 0.05) is 22.2 Å². The molecule has 4 nitrogen and oxygen atoms in total. The van der Waals surface area contributed by atoms with E-state index in [1.54, 1.807) is 18.2 Å². The third kappa shape index (κ3) is 3.15. The summed E-state index contributed by atoms with van der Waals surface area (Å²) in [4.78, 5) is 11.1. The largest absolute Gasteiger partial charge is 0.474 e. The Labute approximate surface area is 145 Å². The number of fused-ring (bicyclic) bond motifs is 1. The molecule has 0 amide bonds. The highest BCUT2D eigenvalue weighted by molar-refractivity contribution is 6.30. The van der Waals surface area contributed by atoms with Crippen LogP contribution < -0.4 is 4.74 Å². The third-order valence-electron chi connectivity index (χ3n) is 4.08. The van der Waals surface area contributed by atoms with E-state index in [9.17, 15) is 10.1 Å². The summed E-state index contributed by atoms with van der Waals surface area (Å²) < 4.78 is 5.90. The average molecular weight is 344 g/mol. The van der Waals surface area contributed by atoms with Crippen molar-refractivity contribution in [1.29, 1.82) is 0 Å². The van der Waals surface area contributed by atoms with Crippen molar-refractivity contribution in [3.63, 3.8) is 0 Å². The van der Waals surface area contributed by atoms with E-state index in [1.807, 2.05) is 24.3 Å². The Morgan fingerprint density at radius 3 is 2.38 bits per heavy atom. The fourth-order valence-electron chi connectivity index (χ4n) is 2.71. The van der Waals surface area contributed by atoms with Crippen molar-refractivity contribution in [3.05, 3.63) is 80.0 Å². The van der Waals surface area contributed by atoms with Gasteiger partial charge in [0.15, 0.2) is 0 Å². The fourth-order valence-corrected chi connectivity index (χ4v) is 2.89. The van der Waals surface area contributed by atoms with Crippen molar-refractivity contribution in [3.8, 4) is 5.75 Å². The van der Waals surface area contributed by atoms with E-state index in [-0.39, 0.29) is 11.1 Å². The van der Waals surface area contributed by atoms with Crippen LogP contribution in [0.5, 0.6) is 5.75 Å². The quantitative estimate of drug-likeness (QED) is 0.542. The van der Waals surface area contributed by atoms with Gasteiger partial charge < -0.3 is 4.74 Å². The number of hydrogen-bond acceptors (Lipinski definition) is 3. The third-order valence-corrected chi connectivity index (χ3v) is 4.31. The highest BCUT2D eigenvalue weighted by atomic mass is 35.5. The second-order valence-corrected chi connectivity index (χ2v) is 7.31. The number of nitrogens with zero attached hydrogens (tertiary/aromatic N) is 1. The molecule has 2 aromatic carbocycles. The average Bonchev–Trinajstić information content (AvgIpc) is 2.52. The zero-order chi connectivity index (χ0) is 17.5. The van der Waals surface area contributed by atoms with E-state index in [2.05, 4.69) is 20.8 Å². The molecule has 1 heterocycles. The van der Waals surface area contributed by atoms with Crippen molar-refractivity contribution in [2.75, 3.05) is 0 Å². The summed E-state index contributed by atoms with van der Waals surface area (Å²) >= 11 is 5.96. The van der Waals surface area contributed by atoms with E-state index < -0.39 is 11.0 Å². The first-order chi connectivity index (χ1) is 11.3. The minimum Gasteiger partial charge on any atom is -0.474 e. The number of ether oxygens (including phenoxy) is 1. The summed E-state index contributed by atoms with van der Waals surface area (Å²) in [5.74, 6) is 0.592. The lowest BCUT2D eigenvalue weighted by atomic mass is 9.86. The van der Waals surface area contributed by atoms with Crippen LogP contribution >= 0.6 is 11.6 Å². The first-order valence-corrected chi connectivity index (χ1v) is 8.06. The van der Waals surface area contributed by atoms with Crippen LogP contribution in [0.4, 0.5) is 0 Å². The molecule has 0 radical (unpaired) electrons. The topological polar surface area (TPSA) is 52.4 Å². The lowest BCUT2D eigenvalue weighted by molar-refractivity contribution is -0.434. The van der Waals surface area contributed by atoms with Gasteiger partial charge in [0.2, 0.25) is 6.10 Å². The number of halogens is 1. The fraction of sp³-hybridized carbons (Fsp3) is 0.263. The van der Waals surface area contributed by atoms with Crippen molar-refractivity contribution in [1.82, 2.24) is 0 Å². The van der Waals surface area contributed by atoms with Gasteiger partial charge in [-0.3, -0.25) is 10.1 Å². The Morgan fingerprint density at radius 2 is 1.79 bits per heavy atom. The predicted molar refractivity (Wildman–Crippen MR) is 94.9 cm³/mol. The van der Waals surface area contributed by atoms with E-state index in [4.69, 9.17) is 16.3 Å². The maximum Gasteiger partial charge on any atom is 0.291 e. The van der Waals surface area contributed by atoms with Crippen LogP contribution in [0.1, 0.15) is 43.6 Å². The summed E-state index contributed by atoms with van der Waals surface area (Å²) in [6, 6.07) is 12.9. The lowest BCUT2D eigenvalue weighted by Gasteiger charge is -2.24. The molecule has 0 saturated carbocycles. The summed E-state index contributed by atoms with van der Waals surface area (Å²) in [6.07, 6.45) is 0.801. The highest BCUT2D eigenvalue weighted by Crippen LogP contribution is 2.39. The molecule has 1 aliphatic rings. The molecule has 1 aliphatic heterocycles. The maximum atomic E-state index is 11.5.